The van der Waals surface area contributed by atoms with Gasteiger partial charge in [-0.2, -0.15) is 33.3 Å². The van der Waals surface area contributed by atoms with Gasteiger partial charge in [-0.15, -0.1) is 12.4 Å². The summed E-state index contributed by atoms with van der Waals surface area (Å²) in [5.41, 5.74) is 4.63. The van der Waals surface area contributed by atoms with Gasteiger partial charge in [0.25, 0.3) is 0 Å². The molecule has 2 N–H and O–H groups in total. The third-order valence-corrected chi connectivity index (χ3v) is 2.37. The van der Waals surface area contributed by atoms with Crippen LogP contribution in [-0.4, -0.2) is 12.1 Å². The van der Waals surface area contributed by atoms with Gasteiger partial charge in [0.2, 0.25) is 0 Å². The van der Waals surface area contributed by atoms with Crippen LogP contribution in [0.2, 0.25) is 0 Å². The van der Waals surface area contributed by atoms with Gasteiger partial charge in [0.15, 0.2) is 0 Å². The van der Waals surface area contributed by atoms with Crippen LogP contribution in [0, 0.1) is 0 Å². The Balaban J connectivity index is 0.00000196. The smallest absolute Gasteiger partial charge is 0.319 e. The number of rotatable bonds is 2. The molecular weight excluding hydrogens is 261 g/mol. The zero-order chi connectivity index (χ0) is 11.0. The normalized spacial score (nSPS) is 14.5. The van der Waals surface area contributed by atoms with Gasteiger partial charge in [0, 0.05) is 0 Å². The van der Waals surface area contributed by atoms with E-state index in [1.165, 1.54) is 10.8 Å². The number of alkyl halides is 5. The van der Waals surface area contributed by atoms with Crippen LogP contribution in [-0.2, 0) is 0 Å². The molecule has 8 heteroatoms. The quantitative estimate of drug-likeness (QED) is 0.817. The highest BCUT2D eigenvalue weighted by molar-refractivity contribution is 7.07. The first-order valence-corrected chi connectivity index (χ1v) is 4.43. The van der Waals surface area contributed by atoms with Crippen LogP contribution < -0.4 is 5.73 Å². The Bertz CT molecular complexity index is 297. The van der Waals surface area contributed by atoms with Crippen molar-refractivity contribution in [2.75, 3.05) is 0 Å². The van der Waals surface area contributed by atoms with Crippen LogP contribution >= 0.6 is 23.7 Å². The molecule has 1 atom stereocenters. The molecule has 0 aliphatic heterocycles. The van der Waals surface area contributed by atoms with Gasteiger partial charge in [-0.1, -0.05) is 0 Å². The van der Waals surface area contributed by atoms with Crippen molar-refractivity contribution >= 4 is 23.7 Å². The lowest BCUT2D eigenvalue weighted by Crippen LogP contribution is -2.45. The lowest BCUT2D eigenvalue weighted by atomic mass is 10.0. The molecule has 0 radical (unpaired) electrons. The maximum Gasteiger partial charge on any atom is 0.455 e. The van der Waals surface area contributed by atoms with Crippen molar-refractivity contribution in [1.29, 1.82) is 0 Å². The zero-order valence-electron chi connectivity index (χ0n) is 7.09. The standard InChI is InChI=1S/C7H6F5NS.ClH/c8-6(9,7(10,11)12)5(13)4-1-2-14-3-4;/h1-3,5H,13H2;1H/t5-;/m0./s1. The summed E-state index contributed by atoms with van der Waals surface area (Å²) in [7, 11) is 0. The summed E-state index contributed by atoms with van der Waals surface area (Å²) in [6, 6.07) is -1.19. The molecule has 1 nitrogen and oxygen atoms in total. The second-order valence-corrected chi connectivity index (χ2v) is 3.44. The minimum atomic E-state index is -5.62. The summed E-state index contributed by atoms with van der Waals surface area (Å²) in [5.74, 6) is -4.89. The van der Waals surface area contributed by atoms with Crippen molar-refractivity contribution in [1.82, 2.24) is 0 Å². The minimum Gasteiger partial charge on any atom is -0.319 e. The van der Waals surface area contributed by atoms with Crippen molar-refractivity contribution in [2.24, 2.45) is 5.73 Å². The number of hydrogen-bond donors (Lipinski definition) is 1. The SMILES string of the molecule is Cl.N[C@@H](c1ccsc1)C(F)(F)C(F)(F)F. The molecule has 88 valence electrons. The van der Waals surface area contributed by atoms with E-state index in [-0.39, 0.29) is 18.0 Å². The highest BCUT2D eigenvalue weighted by atomic mass is 35.5. The third-order valence-electron chi connectivity index (χ3n) is 1.67. The molecule has 0 bridgehead atoms. The van der Waals surface area contributed by atoms with Gasteiger partial charge >= 0.3 is 12.1 Å². The Morgan fingerprint density at radius 1 is 1.20 bits per heavy atom. The first-order valence-electron chi connectivity index (χ1n) is 3.49. The fourth-order valence-corrected chi connectivity index (χ4v) is 1.53. The van der Waals surface area contributed by atoms with E-state index in [4.69, 9.17) is 5.73 Å². The first-order chi connectivity index (χ1) is 6.27. The average Bonchev–Trinajstić information content (AvgIpc) is 2.52. The average molecular weight is 268 g/mol. The summed E-state index contributed by atoms with van der Waals surface area (Å²) >= 11 is 1.01. The van der Waals surface area contributed by atoms with Crippen molar-refractivity contribution in [2.45, 2.75) is 18.1 Å². The van der Waals surface area contributed by atoms with E-state index < -0.39 is 18.1 Å². The fraction of sp³-hybridized carbons (Fsp3) is 0.429. The maximum atomic E-state index is 12.6. The Labute approximate surface area is 92.5 Å². The lowest BCUT2D eigenvalue weighted by Gasteiger charge is -2.25. The highest BCUT2D eigenvalue weighted by Gasteiger charge is 2.61. The molecule has 0 fully saturated rings. The van der Waals surface area contributed by atoms with Crippen molar-refractivity contribution in [3.8, 4) is 0 Å². The monoisotopic (exact) mass is 267 g/mol. The van der Waals surface area contributed by atoms with E-state index in [2.05, 4.69) is 0 Å². The largest absolute Gasteiger partial charge is 0.455 e. The van der Waals surface area contributed by atoms with Gasteiger partial charge in [-0.3, -0.25) is 0 Å². The van der Waals surface area contributed by atoms with E-state index in [9.17, 15) is 22.0 Å². The number of hydrogen-bond acceptors (Lipinski definition) is 2. The topological polar surface area (TPSA) is 26.0 Å². The van der Waals surface area contributed by atoms with Crippen LogP contribution in [0.5, 0.6) is 0 Å². The molecule has 1 aromatic heterocycles. The van der Waals surface area contributed by atoms with E-state index in [1.807, 2.05) is 0 Å². The number of thiophene rings is 1. The van der Waals surface area contributed by atoms with Crippen LogP contribution in [0.1, 0.15) is 11.6 Å². The molecule has 1 rings (SSSR count). The molecule has 0 saturated heterocycles. The van der Waals surface area contributed by atoms with Crippen LogP contribution in [0.25, 0.3) is 0 Å². The molecule has 0 aliphatic rings. The number of nitrogens with two attached hydrogens (primary N) is 1. The number of halogens is 6. The first kappa shape index (κ1) is 14.6. The van der Waals surface area contributed by atoms with Crippen LogP contribution in [0.3, 0.4) is 0 Å². The minimum absolute atomic E-state index is 0. The Morgan fingerprint density at radius 2 is 1.73 bits per heavy atom. The van der Waals surface area contributed by atoms with E-state index >= 15 is 0 Å². The zero-order valence-corrected chi connectivity index (χ0v) is 8.73. The summed E-state index contributed by atoms with van der Waals surface area (Å²) < 4.78 is 60.8. The Kier molecular flexibility index (Phi) is 4.50. The van der Waals surface area contributed by atoms with Gasteiger partial charge in [-0.25, -0.2) is 0 Å². The lowest BCUT2D eigenvalue weighted by molar-refractivity contribution is -0.290. The molecule has 0 amide bonds. The molecule has 0 aliphatic carbocycles. The summed E-state index contributed by atoms with van der Waals surface area (Å²) in [4.78, 5) is 0. The van der Waals surface area contributed by atoms with Gasteiger partial charge < -0.3 is 5.73 Å². The Morgan fingerprint density at radius 3 is 2.07 bits per heavy atom. The summed E-state index contributed by atoms with van der Waals surface area (Å²) in [6.45, 7) is 0. The molecule has 15 heavy (non-hydrogen) atoms. The summed E-state index contributed by atoms with van der Waals surface area (Å²) in [5, 5.41) is 2.56. The maximum absolute atomic E-state index is 12.6. The van der Waals surface area contributed by atoms with Crippen molar-refractivity contribution in [3.05, 3.63) is 22.4 Å². The second-order valence-electron chi connectivity index (χ2n) is 2.66. The molecular formula is C7H7ClF5NS. The molecule has 0 aromatic carbocycles. The predicted octanol–water partition coefficient (Wildman–Crippen LogP) is 3.37. The Hall–Kier alpha value is -0.400. The predicted molar refractivity (Wildman–Crippen MR) is 49.5 cm³/mol. The van der Waals surface area contributed by atoms with E-state index in [0.29, 0.717) is 0 Å². The van der Waals surface area contributed by atoms with Crippen molar-refractivity contribution in [3.63, 3.8) is 0 Å². The van der Waals surface area contributed by atoms with Gasteiger partial charge in [-0.05, 0) is 22.4 Å². The molecule has 0 saturated carbocycles. The van der Waals surface area contributed by atoms with E-state index in [0.717, 1.165) is 17.4 Å². The fourth-order valence-electron chi connectivity index (χ4n) is 0.838. The third kappa shape index (κ3) is 2.79. The van der Waals surface area contributed by atoms with Crippen LogP contribution in [0.4, 0.5) is 22.0 Å². The van der Waals surface area contributed by atoms with Crippen LogP contribution in [0.15, 0.2) is 16.8 Å². The molecule has 1 aromatic rings. The highest BCUT2D eigenvalue weighted by Crippen LogP contribution is 2.43. The van der Waals surface area contributed by atoms with Crippen molar-refractivity contribution < 1.29 is 22.0 Å². The van der Waals surface area contributed by atoms with Gasteiger partial charge in [0.1, 0.15) is 6.04 Å². The van der Waals surface area contributed by atoms with E-state index in [1.54, 1.807) is 0 Å². The molecule has 0 spiro atoms. The molecule has 0 unspecified atom stereocenters. The summed E-state index contributed by atoms with van der Waals surface area (Å²) in [6.07, 6.45) is -5.62. The van der Waals surface area contributed by atoms with Gasteiger partial charge in [0.05, 0.1) is 0 Å². The molecule has 1 heterocycles. The second kappa shape index (κ2) is 4.63.